The van der Waals surface area contributed by atoms with Crippen molar-refractivity contribution in [3.8, 4) is 5.75 Å². The van der Waals surface area contributed by atoms with Gasteiger partial charge in [0.15, 0.2) is 0 Å². The topological polar surface area (TPSA) is 203 Å². The number of rotatable bonds is 19. The number of carbonyl (C=O) groups excluding carboxylic acids is 4. The van der Waals surface area contributed by atoms with Gasteiger partial charge in [-0.05, 0) is 301 Å². The molecule has 10 unspecified atom stereocenters. The summed E-state index contributed by atoms with van der Waals surface area (Å²) in [5.41, 5.74) is 17.8. The largest absolute Gasteiger partial charge is 0.497 e. The molecule has 16 aliphatic rings. The number of amides is 4. The predicted octanol–water partition coefficient (Wildman–Crippen LogP) is 17.8. The Morgan fingerprint density at radius 2 is 0.807 bits per heavy atom. The molecule has 19 nitrogen and oxygen atoms in total. The number of aliphatic hydroxyl groups is 4. The molecule has 22 rings (SSSR count). The van der Waals surface area contributed by atoms with Crippen LogP contribution in [0.2, 0.25) is 0 Å². The van der Waals surface area contributed by atoms with Gasteiger partial charge in [0.2, 0.25) is 23.6 Å². The molecule has 0 bridgehead atoms. The number of ether oxygens (including phenoxy) is 3. The van der Waals surface area contributed by atoms with Gasteiger partial charge >= 0.3 is 0 Å². The number of hydrogen-bond acceptors (Lipinski definition) is 15. The van der Waals surface area contributed by atoms with Crippen molar-refractivity contribution in [2.45, 2.75) is 264 Å². The van der Waals surface area contributed by atoms with Crippen molar-refractivity contribution in [2.75, 3.05) is 126 Å². The first-order valence-corrected chi connectivity index (χ1v) is 54.0. The van der Waals surface area contributed by atoms with Crippen molar-refractivity contribution >= 4 is 34.8 Å². The monoisotopic (exact) mass is 1920 g/mol. The maximum absolute atomic E-state index is 14.8. The summed E-state index contributed by atoms with van der Waals surface area (Å²) in [7, 11) is 5.42. The van der Waals surface area contributed by atoms with Gasteiger partial charge in [-0.1, -0.05) is 140 Å². The summed E-state index contributed by atoms with van der Waals surface area (Å²) in [5.74, 6) is 6.92. The Hall–Kier alpha value is -8.13. The van der Waals surface area contributed by atoms with Crippen LogP contribution in [0.4, 0.5) is 13.2 Å². The average Bonchev–Trinajstić information content (AvgIpc) is 1.56. The maximum Gasteiger partial charge on any atom is 0.225 e. The lowest BCUT2D eigenvalue weighted by atomic mass is 9.57. The zero-order chi connectivity index (χ0) is 97.6. The highest BCUT2D eigenvalue weighted by Gasteiger charge is 2.64. The van der Waals surface area contributed by atoms with Gasteiger partial charge in [0.25, 0.3) is 0 Å². The van der Waals surface area contributed by atoms with Crippen LogP contribution in [-0.2, 0) is 67.7 Å². The van der Waals surface area contributed by atoms with Crippen molar-refractivity contribution in [3.05, 3.63) is 217 Å². The predicted molar refractivity (Wildman–Crippen MR) is 540 cm³/mol. The van der Waals surface area contributed by atoms with E-state index in [9.17, 15) is 52.8 Å². The van der Waals surface area contributed by atoms with E-state index in [0.717, 1.165) is 223 Å². The SMILES string of the molecule is CCC(=O)N1CCC2(CC1)CN(Cc1cc(C)ccc1F)[C@H](CO)C1CC3CC(OC)CCC3C12.CCC(=O)N1CCC2(CC1)CN(Cc1cccc(OC)c1)[C@@H](CO)C1CC3CC(OC)CCC3C12.Cc1ccc2c(c1)CC1=C2C2(CCN(C(=O)C3CCC3)CC2)CN(Cc2ccccc2F)[C@@H]1CO.Cc1ccc2c(c1)CC1=C2C2(CCN(C(=O)C3CCC3)CC2)CN(Cc2ccccc2F)[C@H]1CO. The summed E-state index contributed by atoms with van der Waals surface area (Å²) in [6, 6.07) is 41.2. The molecule has 6 saturated carbocycles. The van der Waals surface area contributed by atoms with E-state index in [2.05, 4.69) is 108 Å². The summed E-state index contributed by atoms with van der Waals surface area (Å²) >= 11 is 0. The first-order chi connectivity index (χ1) is 67.9. The van der Waals surface area contributed by atoms with Gasteiger partial charge in [-0.2, -0.15) is 0 Å². The van der Waals surface area contributed by atoms with Crippen molar-refractivity contribution in [1.82, 2.24) is 39.2 Å². The highest BCUT2D eigenvalue weighted by molar-refractivity contribution is 5.86. The van der Waals surface area contributed by atoms with Crippen LogP contribution in [0, 0.1) is 119 Å². The molecule has 6 saturated heterocycles. The van der Waals surface area contributed by atoms with Gasteiger partial charge in [-0.15, -0.1) is 0 Å². The van der Waals surface area contributed by atoms with Crippen LogP contribution in [-0.4, -0.2) is 246 Å². The van der Waals surface area contributed by atoms with Gasteiger partial charge in [-0.25, -0.2) is 13.2 Å². The van der Waals surface area contributed by atoms with Gasteiger partial charge in [0, 0.05) is 183 Å². The van der Waals surface area contributed by atoms with E-state index >= 15 is 0 Å². The molecule has 756 valence electrons. The Morgan fingerprint density at radius 1 is 0.400 bits per heavy atom. The summed E-state index contributed by atoms with van der Waals surface area (Å²) in [4.78, 5) is 68.9. The molecule has 4 spiro atoms. The fourth-order valence-corrected chi connectivity index (χ4v) is 31.2. The van der Waals surface area contributed by atoms with Crippen molar-refractivity contribution < 1.29 is 67.0 Å². The standard InChI is InChI=1S/2C30H35FN2O2.C29H43FN2O3.C29H44N2O4/c2*1-20-9-10-24-23(15-20)16-25-27(18-34)33(17-22-5-2-3-8-26(22)31)19-30(28(24)25)11-13-32(14-12-30)29(35)21-6-4-7-21;1-4-27(34)31-11-9-29(10-12-31)18-32(16-21-13-19(2)5-8-25(21)30)26(17-33)24-15-20-14-22(35-3)6-7-23(20)28(24)29;1-4-27(33)30-12-10-29(11-13-30)19-31(17-20-6-5-7-22(14-20)34-2)26(18-32)25-16-21-15-23(35-3)8-9-24(21)28(25)29/h2*2-3,5,8-10,15,21,27,34H,4,6-7,11-14,16-19H2,1H3;5,8,13,20,22-24,26,28,33H,4,6-7,9-12,14-18H2,1-3H3;5-7,14,21,23-26,28,32H,4,8-13,15-19H2,1-3H3/t2*27-;20?,22?,23?,24?,26-,28?;21?,23?,24?,25?,26-,28?/m1010/s1. The number of methoxy groups -OCH3 is 3. The maximum atomic E-state index is 14.8. The second kappa shape index (κ2) is 42.9. The quantitative estimate of drug-likeness (QED) is 0.0596. The molecule has 4 amide bonds. The van der Waals surface area contributed by atoms with Crippen LogP contribution >= 0.6 is 0 Å². The number of likely N-dealkylation sites (tertiary alicyclic amines) is 6. The van der Waals surface area contributed by atoms with E-state index in [0.29, 0.717) is 115 Å². The fraction of sp³-hybridized carbons (Fsp3) is 0.627. The van der Waals surface area contributed by atoms with Gasteiger partial charge in [-0.3, -0.25) is 38.8 Å². The molecule has 6 aromatic rings. The van der Waals surface area contributed by atoms with E-state index in [1.807, 2.05) is 77.5 Å². The second-order valence-corrected chi connectivity index (χ2v) is 45.8. The van der Waals surface area contributed by atoms with Crippen LogP contribution in [0.1, 0.15) is 229 Å². The second-order valence-electron chi connectivity index (χ2n) is 45.8. The minimum Gasteiger partial charge on any atom is -0.497 e. The summed E-state index contributed by atoms with van der Waals surface area (Å²) < 4.78 is 61.2. The van der Waals surface area contributed by atoms with Crippen molar-refractivity contribution in [1.29, 1.82) is 0 Å². The molecule has 14 atom stereocenters. The molecule has 0 aromatic heterocycles. The minimum absolute atomic E-state index is 0.0304. The third-order valence-electron chi connectivity index (χ3n) is 38.5. The average molecular weight is 1920 g/mol. The number of hydrogen-bond donors (Lipinski definition) is 4. The first-order valence-electron chi connectivity index (χ1n) is 54.0. The lowest BCUT2D eigenvalue weighted by Gasteiger charge is -2.58. The molecular weight excluding hydrogens is 1760 g/mol. The lowest BCUT2D eigenvalue weighted by molar-refractivity contribution is -0.141. The van der Waals surface area contributed by atoms with Gasteiger partial charge < -0.3 is 54.2 Å². The van der Waals surface area contributed by atoms with Gasteiger partial charge in [0.1, 0.15) is 23.2 Å². The van der Waals surface area contributed by atoms with E-state index in [-0.39, 0.29) is 107 Å². The van der Waals surface area contributed by atoms with Crippen molar-refractivity contribution in [3.63, 3.8) is 0 Å². The fourth-order valence-electron chi connectivity index (χ4n) is 31.2. The molecule has 22 heteroatoms. The number of piperidine rings is 6. The number of nitrogens with zero attached hydrogens (tertiary/aromatic N) is 8. The summed E-state index contributed by atoms with van der Waals surface area (Å²) in [6.45, 7) is 22.9. The summed E-state index contributed by atoms with van der Waals surface area (Å²) in [5, 5.41) is 42.5. The molecule has 140 heavy (non-hydrogen) atoms. The highest BCUT2D eigenvalue weighted by atomic mass is 19.1. The molecule has 8 heterocycles. The number of fused-ring (bicyclic) bond motifs is 14. The van der Waals surface area contributed by atoms with E-state index in [1.54, 1.807) is 25.3 Å². The Balaban J connectivity index is 0.000000119. The zero-order valence-electron chi connectivity index (χ0n) is 84.7. The van der Waals surface area contributed by atoms with Crippen molar-refractivity contribution in [2.24, 2.45) is 80.8 Å². The number of aliphatic hydroxyl groups excluding tert-OH is 4. The Kier molecular flexibility index (Phi) is 30.8. The Bertz CT molecular complexity index is 5280. The zero-order valence-corrected chi connectivity index (χ0v) is 84.7. The minimum atomic E-state index is -0.190. The van der Waals surface area contributed by atoms with Crippen LogP contribution in [0.15, 0.2) is 139 Å². The molecule has 12 fully saturated rings. The molecule has 6 aromatic carbocycles. The van der Waals surface area contributed by atoms with E-state index < -0.39 is 0 Å². The molecule has 4 N–H and O–H groups in total. The number of benzene rings is 6. The number of carbonyl (C=O) groups is 4. The number of halogens is 3. The smallest absolute Gasteiger partial charge is 0.225 e. The highest BCUT2D eigenvalue weighted by Crippen LogP contribution is 2.66. The normalized spacial score (nSPS) is 29.2. The van der Waals surface area contributed by atoms with Crippen LogP contribution < -0.4 is 4.74 Å². The molecule has 8 aliphatic heterocycles. The first kappa shape index (κ1) is 101. The molecule has 0 radical (unpaired) electrons. The van der Waals surface area contributed by atoms with Crippen LogP contribution in [0.5, 0.6) is 5.75 Å². The number of aryl methyl sites for hydroxylation is 3. The van der Waals surface area contributed by atoms with Gasteiger partial charge in [0.05, 0.1) is 57.8 Å². The van der Waals surface area contributed by atoms with Crippen LogP contribution in [0.3, 0.4) is 0 Å². The van der Waals surface area contributed by atoms with E-state index in [1.165, 1.54) is 112 Å². The van der Waals surface area contributed by atoms with E-state index in [4.69, 9.17) is 14.2 Å². The Labute approximate surface area is 830 Å². The lowest BCUT2D eigenvalue weighted by Crippen LogP contribution is -2.62. The Morgan fingerprint density at radius 3 is 1.21 bits per heavy atom. The molecular formula is C118H157F3N8O11. The van der Waals surface area contributed by atoms with Crippen LogP contribution in [0.25, 0.3) is 11.1 Å². The molecule has 8 aliphatic carbocycles. The third-order valence-corrected chi connectivity index (χ3v) is 38.5. The summed E-state index contributed by atoms with van der Waals surface area (Å²) in [6.07, 6.45) is 27.3. The third kappa shape index (κ3) is 19.7.